The molecule has 11 nitrogen and oxygen atoms in total. The first-order chi connectivity index (χ1) is 17.1. The van der Waals surface area contributed by atoms with Crippen molar-refractivity contribution in [2.45, 2.75) is 51.3 Å². The smallest absolute Gasteiger partial charge is 0.310 e. The van der Waals surface area contributed by atoms with E-state index in [-0.39, 0.29) is 24.6 Å². The highest BCUT2D eigenvalue weighted by atomic mass is 19.1. The van der Waals surface area contributed by atoms with Gasteiger partial charge in [0.15, 0.2) is 35.0 Å². The largest absolute Gasteiger partial charge is 0.463 e. The summed E-state index contributed by atoms with van der Waals surface area (Å²) in [5, 5.41) is 2.88. The predicted octanol–water partition coefficient (Wildman–Crippen LogP) is 2.43. The summed E-state index contributed by atoms with van der Waals surface area (Å²) in [6.45, 7) is 4.32. The summed E-state index contributed by atoms with van der Waals surface area (Å²) in [5.41, 5.74) is 4.90. The highest BCUT2D eigenvalue weighted by Gasteiger charge is 2.58. The Labute approximate surface area is 207 Å². The zero-order valence-corrected chi connectivity index (χ0v) is 20.5. The fourth-order valence-electron chi connectivity index (χ4n) is 4.09. The van der Waals surface area contributed by atoms with Gasteiger partial charge in [0.1, 0.15) is 12.7 Å². The van der Waals surface area contributed by atoms with Crippen LogP contribution in [0.5, 0.6) is 0 Å². The van der Waals surface area contributed by atoms with Crippen molar-refractivity contribution in [2.24, 2.45) is 5.92 Å². The second-order valence-corrected chi connectivity index (χ2v) is 9.04. The summed E-state index contributed by atoms with van der Waals surface area (Å²) in [6.07, 6.45) is -2.46. The Balaban J connectivity index is 1.65. The van der Waals surface area contributed by atoms with E-state index in [4.69, 9.17) is 19.9 Å². The second kappa shape index (κ2) is 10.1. The Morgan fingerprint density at radius 3 is 2.67 bits per heavy atom. The summed E-state index contributed by atoms with van der Waals surface area (Å²) in [5.74, 6) is -1.19. The molecule has 192 valence electrons. The molecule has 1 saturated heterocycles. The van der Waals surface area contributed by atoms with Gasteiger partial charge in [-0.3, -0.25) is 14.2 Å². The first-order valence-electron chi connectivity index (χ1n) is 11.5. The first-order valence-corrected chi connectivity index (χ1v) is 11.5. The van der Waals surface area contributed by atoms with Crippen LogP contribution in [-0.4, -0.2) is 63.0 Å². The summed E-state index contributed by atoms with van der Waals surface area (Å²) < 4.78 is 34.8. The van der Waals surface area contributed by atoms with Crippen LogP contribution in [0.4, 0.5) is 16.2 Å². The average Bonchev–Trinajstić information content (AvgIpc) is 3.35. The van der Waals surface area contributed by atoms with Gasteiger partial charge in [0.2, 0.25) is 5.95 Å². The van der Waals surface area contributed by atoms with Crippen LogP contribution in [-0.2, 0) is 30.2 Å². The van der Waals surface area contributed by atoms with Crippen molar-refractivity contribution < 1.29 is 28.2 Å². The minimum Gasteiger partial charge on any atom is -0.463 e. The standard InChI is InChI=1S/C24H29FN6O5/c1-13(2)21(33)34-11-15-18(36-16(32)10-14-8-6-5-7-9-14)24(3,25)22(35-15)31-12-28-17-19(27-4)29-23(26)30-20(17)31/h5-9,12-13,15,18,22H,10-11H2,1-4H3,(H3,26,27,29,30)/t15-,18-,22-,24-/m1/s1. The summed E-state index contributed by atoms with van der Waals surface area (Å²) >= 11 is 0. The van der Waals surface area contributed by atoms with Crippen molar-refractivity contribution in [3.8, 4) is 0 Å². The number of halogens is 1. The Morgan fingerprint density at radius 1 is 1.28 bits per heavy atom. The quantitative estimate of drug-likeness (QED) is 0.443. The molecule has 3 N–H and O–H groups in total. The number of carbonyl (C=O) groups is 2. The third kappa shape index (κ3) is 4.94. The van der Waals surface area contributed by atoms with Gasteiger partial charge in [0.25, 0.3) is 0 Å². The maximum atomic E-state index is 16.5. The van der Waals surface area contributed by atoms with Gasteiger partial charge in [0.05, 0.1) is 18.7 Å². The molecular weight excluding hydrogens is 471 g/mol. The van der Waals surface area contributed by atoms with Gasteiger partial charge in [-0.25, -0.2) is 9.37 Å². The van der Waals surface area contributed by atoms with E-state index >= 15 is 4.39 Å². The Kier molecular flexibility index (Phi) is 7.07. The van der Waals surface area contributed by atoms with Crippen molar-refractivity contribution >= 4 is 34.9 Å². The number of carbonyl (C=O) groups excluding carboxylic acids is 2. The minimum atomic E-state index is -2.24. The third-order valence-corrected chi connectivity index (χ3v) is 5.92. The lowest BCUT2D eigenvalue weighted by Gasteiger charge is -2.27. The number of ether oxygens (including phenoxy) is 3. The number of alkyl halides is 1. The van der Waals surface area contributed by atoms with E-state index in [9.17, 15) is 9.59 Å². The molecular formula is C24H29FN6O5. The topological polar surface area (TPSA) is 143 Å². The van der Waals surface area contributed by atoms with Gasteiger partial charge >= 0.3 is 11.9 Å². The van der Waals surface area contributed by atoms with Crippen LogP contribution < -0.4 is 11.1 Å². The maximum Gasteiger partial charge on any atom is 0.310 e. The highest BCUT2D eigenvalue weighted by Crippen LogP contribution is 2.44. The zero-order chi connectivity index (χ0) is 26.0. The molecule has 0 radical (unpaired) electrons. The highest BCUT2D eigenvalue weighted by molar-refractivity contribution is 5.84. The molecule has 2 aromatic heterocycles. The number of rotatable bonds is 8. The second-order valence-electron chi connectivity index (χ2n) is 9.04. The molecule has 0 bridgehead atoms. The molecule has 3 heterocycles. The average molecular weight is 501 g/mol. The van der Waals surface area contributed by atoms with E-state index in [1.165, 1.54) is 17.8 Å². The number of nitrogens with two attached hydrogens (primary N) is 1. The lowest BCUT2D eigenvalue weighted by Crippen LogP contribution is -2.44. The Bertz CT molecular complexity index is 1250. The number of anilines is 2. The lowest BCUT2D eigenvalue weighted by atomic mass is 9.98. The SMILES string of the molecule is CNc1nc(N)nc2c1ncn2[C@@H]1O[C@H](COC(=O)C(C)C)[C@@H](OC(=O)Cc2ccccc2)[C@@]1(C)F. The van der Waals surface area contributed by atoms with Crippen LogP contribution in [0.2, 0.25) is 0 Å². The zero-order valence-electron chi connectivity index (χ0n) is 20.5. The number of imidazole rings is 1. The molecule has 12 heteroatoms. The summed E-state index contributed by atoms with van der Waals surface area (Å²) in [6, 6.07) is 8.96. The fourth-order valence-corrected chi connectivity index (χ4v) is 4.09. The van der Waals surface area contributed by atoms with Crippen molar-refractivity contribution in [3.05, 3.63) is 42.2 Å². The summed E-state index contributed by atoms with van der Waals surface area (Å²) in [4.78, 5) is 37.4. The van der Waals surface area contributed by atoms with Gasteiger partial charge in [-0.1, -0.05) is 44.2 Å². The van der Waals surface area contributed by atoms with Gasteiger partial charge in [-0.15, -0.1) is 0 Å². The molecule has 1 aromatic carbocycles. The van der Waals surface area contributed by atoms with Gasteiger partial charge in [0, 0.05) is 7.05 Å². The van der Waals surface area contributed by atoms with Crippen LogP contribution in [0.3, 0.4) is 0 Å². The maximum absolute atomic E-state index is 16.5. The number of fused-ring (bicyclic) bond motifs is 1. The van der Waals surface area contributed by atoms with Crippen molar-refractivity contribution in [1.29, 1.82) is 0 Å². The number of nitrogens with zero attached hydrogens (tertiary/aromatic N) is 4. The fraction of sp³-hybridized carbons (Fsp3) is 0.458. The molecule has 0 unspecified atom stereocenters. The first kappa shape index (κ1) is 25.3. The third-order valence-electron chi connectivity index (χ3n) is 5.92. The van der Waals surface area contributed by atoms with E-state index < -0.39 is 42.0 Å². The van der Waals surface area contributed by atoms with Crippen LogP contribution in [0.25, 0.3) is 11.2 Å². The van der Waals surface area contributed by atoms with Crippen LogP contribution in [0.1, 0.15) is 32.6 Å². The number of hydrogen-bond acceptors (Lipinski definition) is 10. The van der Waals surface area contributed by atoms with Gasteiger partial charge in [-0.2, -0.15) is 9.97 Å². The van der Waals surface area contributed by atoms with E-state index in [1.54, 1.807) is 45.2 Å². The van der Waals surface area contributed by atoms with E-state index in [2.05, 4.69) is 20.3 Å². The van der Waals surface area contributed by atoms with Gasteiger partial charge < -0.3 is 25.3 Å². The van der Waals surface area contributed by atoms with E-state index in [0.29, 0.717) is 16.9 Å². The molecule has 0 amide bonds. The number of aromatic nitrogens is 4. The number of nitrogen functional groups attached to an aromatic ring is 1. The van der Waals surface area contributed by atoms with E-state index in [1.807, 2.05) is 6.07 Å². The lowest BCUT2D eigenvalue weighted by molar-refractivity contribution is -0.161. The number of benzene rings is 1. The van der Waals surface area contributed by atoms with Crippen LogP contribution >= 0.6 is 0 Å². The summed E-state index contributed by atoms with van der Waals surface area (Å²) in [7, 11) is 1.65. The van der Waals surface area contributed by atoms with Crippen molar-refractivity contribution in [2.75, 3.05) is 24.7 Å². The molecule has 1 aliphatic rings. The molecule has 4 rings (SSSR count). The molecule has 4 atom stereocenters. The molecule has 3 aromatic rings. The molecule has 1 fully saturated rings. The van der Waals surface area contributed by atoms with E-state index in [0.717, 1.165) is 0 Å². The van der Waals surface area contributed by atoms with Crippen LogP contribution in [0.15, 0.2) is 36.7 Å². The van der Waals surface area contributed by atoms with Crippen LogP contribution in [0, 0.1) is 5.92 Å². The Morgan fingerprint density at radius 2 is 2.00 bits per heavy atom. The molecule has 0 saturated carbocycles. The molecule has 1 aliphatic heterocycles. The molecule has 36 heavy (non-hydrogen) atoms. The minimum absolute atomic E-state index is 0.0413. The monoisotopic (exact) mass is 500 g/mol. The van der Waals surface area contributed by atoms with Gasteiger partial charge in [-0.05, 0) is 12.5 Å². The van der Waals surface area contributed by atoms with Crippen molar-refractivity contribution in [3.63, 3.8) is 0 Å². The van der Waals surface area contributed by atoms with Crippen molar-refractivity contribution in [1.82, 2.24) is 19.5 Å². The number of hydrogen-bond donors (Lipinski definition) is 2. The molecule has 0 spiro atoms. The number of esters is 2. The molecule has 0 aliphatic carbocycles. The predicted molar refractivity (Wildman–Crippen MR) is 129 cm³/mol. The Hall–Kier alpha value is -3.80. The normalized spacial score (nSPS) is 23.7. The number of nitrogens with one attached hydrogen (secondary N) is 1.